The number of likely N-dealkylation sites (tertiary alicyclic amines) is 2. The van der Waals surface area contributed by atoms with Crippen molar-refractivity contribution < 1.29 is 24.4 Å². The van der Waals surface area contributed by atoms with Gasteiger partial charge in [-0.05, 0) is 38.1 Å². The monoisotopic (exact) mass is 396 g/mol. The van der Waals surface area contributed by atoms with E-state index < -0.39 is 30.6 Å². The molecule has 158 valence electrons. The first-order valence-corrected chi connectivity index (χ1v) is 9.99. The molecule has 2 fully saturated rings. The van der Waals surface area contributed by atoms with Crippen LogP contribution in [0.4, 0.5) is 0 Å². The topological polar surface area (TPSA) is 122 Å². The summed E-state index contributed by atoms with van der Waals surface area (Å²) in [4.78, 5) is 41.4. The van der Waals surface area contributed by atoms with Gasteiger partial charge in [-0.15, -0.1) is 0 Å². The SMILES string of the molecule is CNCC(=O)N1CCC[C@H]1C(=O)NC(C(=O)N1CCC[C@H]1B(O)O)C(C)(C)C. The average molecular weight is 396 g/mol. The molecule has 0 aliphatic carbocycles. The van der Waals surface area contributed by atoms with Crippen LogP contribution in [0.3, 0.4) is 0 Å². The molecule has 2 aliphatic heterocycles. The van der Waals surface area contributed by atoms with Crippen molar-refractivity contribution in [2.75, 3.05) is 26.7 Å². The summed E-state index contributed by atoms with van der Waals surface area (Å²) in [5.41, 5.74) is -0.571. The maximum Gasteiger partial charge on any atom is 0.475 e. The third-order valence-corrected chi connectivity index (χ3v) is 5.53. The Balaban J connectivity index is 2.15. The van der Waals surface area contributed by atoms with Crippen LogP contribution < -0.4 is 10.6 Å². The summed E-state index contributed by atoms with van der Waals surface area (Å²) in [7, 11) is 0.0756. The Morgan fingerprint density at radius 1 is 1.11 bits per heavy atom. The predicted molar refractivity (Wildman–Crippen MR) is 105 cm³/mol. The Labute approximate surface area is 167 Å². The van der Waals surface area contributed by atoms with Gasteiger partial charge in [-0.25, -0.2) is 0 Å². The van der Waals surface area contributed by atoms with Gasteiger partial charge in [0.25, 0.3) is 0 Å². The van der Waals surface area contributed by atoms with E-state index in [9.17, 15) is 24.4 Å². The van der Waals surface area contributed by atoms with Gasteiger partial charge in [0, 0.05) is 13.1 Å². The minimum absolute atomic E-state index is 0.137. The molecule has 1 unspecified atom stereocenters. The Bertz CT molecular complexity index is 595. The van der Waals surface area contributed by atoms with E-state index in [0.29, 0.717) is 32.4 Å². The van der Waals surface area contributed by atoms with Crippen LogP contribution in [0, 0.1) is 5.41 Å². The third-order valence-electron chi connectivity index (χ3n) is 5.53. The van der Waals surface area contributed by atoms with Gasteiger partial charge in [0.15, 0.2) is 0 Å². The van der Waals surface area contributed by atoms with E-state index in [1.165, 1.54) is 4.90 Å². The second kappa shape index (κ2) is 9.24. The molecule has 0 aromatic heterocycles. The van der Waals surface area contributed by atoms with Crippen LogP contribution in [0.25, 0.3) is 0 Å². The lowest BCUT2D eigenvalue weighted by Crippen LogP contribution is -2.60. The van der Waals surface area contributed by atoms with Crippen molar-refractivity contribution >= 4 is 24.8 Å². The minimum atomic E-state index is -1.60. The zero-order valence-corrected chi connectivity index (χ0v) is 17.3. The van der Waals surface area contributed by atoms with E-state index >= 15 is 0 Å². The molecule has 10 heteroatoms. The van der Waals surface area contributed by atoms with Gasteiger partial charge in [0.05, 0.1) is 12.5 Å². The van der Waals surface area contributed by atoms with Crippen LogP contribution in [0.2, 0.25) is 0 Å². The third kappa shape index (κ3) is 5.04. The second-order valence-electron chi connectivity index (χ2n) is 8.74. The lowest BCUT2D eigenvalue weighted by Gasteiger charge is -2.36. The van der Waals surface area contributed by atoms with E-state index in [-0.39, 0.29) is 24.3 Å². The average Bonchev–Trinajstić information content (AvgIpc) is 3.26. The van der Waals surface area contributed by atoms with Gasteiger partial charge in [-0.2, -0.15) is 0 Å². The minimum Gasteiger partial charge on any atom is -0.426 e. The molecule has 0 aromatic carbocycles. The van der Waals surface area contributed by atoms with E-state index in [4.69, 9.17) is 0 Å². The van der Waals surface area contributed by atoms with Crippen molar-refractivity contribution in [3.05, 3.63) is 0 Å². The van der Waals surface area contributed by atoms with Gasteiger partial charge < -0.3 is 30.5 Å². The molecule has 4 N–H and O–H groups in total. The van der Waals surface area contributed by atoms with Crippen molar-refractivity contribution in [2.45, 2.75) is 64.5 Å². The first-order chi connectivity index (χ1) is 13.1. The molecule has 2 saturated heterocycles. The zero-order chi connectivity index (χ0) is 21.1. The molecule has 0 saturated carbocycles. The molecule has 0 aromatic rings. The van der Waals surface area contributed by atoms with Crippen LogP contribution in [0.5, 0.6) is 0 Å². The van der Waals surface area contributed by atoms with Crippen molar-refractivity contribution in [2.24, 2.45) is 5.41 Å². The van der Waals surface area contributed by atoms with E-state index in [0.717, 1.165) is 6.42 Å². The number of hydrogen-bond donors (Lipinski definition) is 4. The second-order valence-corrected chi connectivity index (χ2v) is 8.74. The molecular weight excluding hydrogens is 363 g/mol. The van der Waals surface area contributed by atoms with Crippen LogP contribution in [-0.4, -0.2) is 89.4 Å². The molecule has 28 heavy (non-hydrogen) atoms. The molecule has 0 spiro atoms. The molecule has 3 amide bonds. The van der Waals surface area contributed by atoms with Gasteiger partial charge >= 0.3 is 7.12 Å². The molecule has 9 nitrogen and oxygen atoms in total. The summed E-state index contributed by atoms with van der Waals surface area (Å²) in [6.45, 7) is 6.69. The molecular formula is C18H33BN4O5. The van der Waals surface area contributed by atoms with Crippen LogP contribution in [0.1, 0.15) is 46.5 Å². The van der Waals surface area contributed by atoms with Gasteiger partial charge in [0.1, 0.15) is 12.1 Å². The molecule has 0 bridgehead atoms. The Kier molecular flexibility index (Phi) is 7.47. The highest BCUT2D eigenvalue weighted by atomic mass is 16.4. The molecule has 3 atom stereocenters. The molecule has 0 radical (unpaired) electrons. The number of carbonyl (C=O) groups excluding carboxylic acids is 3. The highest BCUT2D eigenvalue weighted by molar-refractivity contribution is 6.43. The lowest BCUT2D eigenvalue weighted by atomic mass is 9.77. The maximum atomic E-state index is 13.2. The normalized spacial score (nSPS) is 23.6. The first-order valence-electron chi connectivity index (χ1n) is 9.99. The number of nitrogens with one attached hydrogen (secondary N) is 2. The Morgan fingerprint density at radius 3 is 2.29 bits per heavy atom. The fourth-order valence-corrected chi connectivity index (χ4v) is 4.02. The largest absolute Gasteiger partial charge is 0.475 e. The van der Waals surface area contributed by atoms with Crippen molar-refractivity contribution in [1.82, 2.24) is 20.4 Å². The zero-order valence-electron chi connectivity index (χ0n) is 17.3. The molecule has 2 rings (SSSR count). The lowest BCUT2D eigenvalue weighted by molar-refractivity contribution is -0.142. The van der Waals surface area contributed by atoms with Crippen LogP contribution in [-0.2, 0) is 14.4 Å². The standard InChI is InChI=1S/C18H33BN4O5/c1-18(2,3)15(17(26)23-10-6-8-13(23)19(27)28)21-16(25)12-7-5-9-22(12)14(24)11-20-4/h12-13,15,20,27-28H,5-11H2,1-4H3,(H,21,25)/t12-,13-,15?/m0/s1. The number of hydrogen-bond acceptors (Lipinski definition) is 6. The smallest absolute Gasteiger partial charge is 0.426 e. The van der Waals surface area contributed by atoms with E-state index in [2.05, 4.69) is 10.6 Å². The fraction of sp³-hybridized carbons (Fsp3) is 0.833. The highest BCUT2D eigenvalue weighted by Crippen LogP contribution is 2.27. The van der Waals surface area contributed by atoms with Gasteiger partial charge in [-0.3, -0.25) is 14.4 Å². The fourth-order valence-electron chi connectivity index (χ4n) is 4.02. The number of likely N-dealkylation sites (N-methyl/N-ethyl adjacent to an activating group) is 1. The van der Waals surface area contributed by atoms with E-state index in [1.54, 1.807) is 11.9 Å². The maximum absolute atomic E-state index is 13.2. The van der Waals surface area contributed by atoms with Gasteiger partial charge in [-0.1, -0.05) is 20.8 Å². The molecule has 2 heterocycles. The summed E-state index contributed by atoms with van der Waals surface area (Å²) in [5.74, 6) is -1.45. The van der Waals surface area contributed by atoms with Crippen molar-refractivity contribution in [3.63, 3.8) is 0 Å². The quantitative estimate of drug-likeness (QED) is 0.416. The Morgan fingerprint density at radius 2 is 1.71 bits per heavy atom. The summed E-state index contributed by atoms with van der Waals surface area (Å²) in [5, 5.41) is 24.8. The predicted octanol–water partition coefficient (Wildman–Crippen LogP) is -1.27. The van der Waals surface area contributed by atoms with Gasteiger partial charge in [0.2, 0.25) is 17.7 Å². The van der Waals surface area contributed by atoms with E-state index in [1.807, 2.05) is 20.8 Å². The van der Waals surface area contributed by atoms with Crippen molar-refractivity contribution in [3.8, 4) is 0 Å². The number of amides is 3. The Hall–Kier alpha value is -1.65. The summed E-state index contributed by atoms with van der Waals surface area (Å²) in [6, 6.07) is -1.41. The number of nitrogens with zero attached hydrogens (tertiary/aromatic N) is 2. The van der Waals surface area contributed by atoms with Crippen LogP contribution in [0.15, 0.2) is 0 Å². The van der Waals surface area contributed by atoms with Crippen LogP contribution >= 0.6 is 0 Å². The summed E-state index contributed by atoms with van der Waals surface area (Å²) >= 11 is 0. The highest BCUT2D eigenvalue weighted by Gasteiger charge is 2.44. The number of carbonyl (C=O) groups is 3. The number of rotatable bonds is 6. The first kappa shape index (κ1) is 22.6. The van der Waals surface area contributed by atoms with Crippen molar-refractivity contribution in [1.29, 1.82) is 0 Å². The summed E-state index contributed by atoms with van der Waals surface area (Å²) < 4.78 is 0. The molecule has 2 aliphatic rings. The summed E-state index contributed by atoms with van der Waals surface area (Å²) in [6.07, 6.45) is 2.51.